The van der Waals surface area contributed by atoms with Gasteiger partial charge in [0.2, 0.25) is 0 Å². The lowest BCUT2D eigenvalue weighted by molar-refractivity contribution is -0.145. The molecule has 16 heavy (non-hydrogen) atoms. The van der Waals surface area contributed by atoms with E-state index in [1.807, 2.05) is 0 Å². The molecule has 0 heterocycles. The van der Waals surface area contributed by atoms with E-state index in [1.165, 1.54) is 0 Å². The first-order valence-corrected chi connectivity index (χ1v) is 4.49. The van der Waals surface area contributed by atoms with Gasteiger partial charge < -0.3 is 5.11 Å². The van der Waals surface area contributed by atoms with E-state index in [2.05, 4.69) is 15.9 Å². The zero-order chi connectivity index (χ0) is 12.7. The predicted molar refractivity (Wildman–Crippen MR) is 45.8 cm³/mol. The fraction of sp³-hybridized carbons (Fsp3) is 0.250. The molecule has 0 amide bonds. The molecule has 0 atom stereocenters. The van der Waals surface area contributed by atoms with E-state index >= 15 is 0 Å². The molecule has 0 aliphatic heterocycles. The second kappa shape index (κ2) is 3.83. The van der Waals surface area contributed by atoms with E-state index < -0.39 is 33.7 Å². The van der Waals surface area contributed by atoms with Crippen molar-refractivity contribution in [1.82, 2.24) is 0 Å². The molecule has 1 N–H and O–H groups in total. The Labute approximate surface area is 93.8 Å². The molecule has 1 aromatic carbocycles. The van der Waals surface area contributed by atoms with Gasteiger partial charge in [-0.15, -0.1) is 0 Å². The molecule has 90 valence electrons. The monoisotopic (exact) mass is 308 g/mol. The lowest BCUT2D eigenvalue weighted by Gasteiger charge is -2.15. The summed E-state index contributed by atoms with van der Waals surface area (Å²) >= 11 is 2.52. The van der Waals surface area contributed by atoms with Gasteiger partial charge in [-0.1, -0.05) is 15.9 Å². The smallest absolute Gasteiger partial charge is 0.420 e. The molecule has 0 aliphatic rings. The maximum atomic E-state index is 12.2. The average molecular weight is 309 g/mol. The van der Waals surface area contributed by atoms with Crippen molar-refractivity contribution in [3.8, 4) is 5.75 Å². The molecule has 0 unspecified atom stereocenters. The van der Waals surface area contributed by atoms with Crippen LogP contribution in [0.4, 0.5) is 26.3 Å². The molecule has 0 spiro atoms. The second-order valence-electron chi connectivity index (χ2n) is 2.85. The van der Waals surface area contributed by atoms with E-state index in [0.29, 0.717) is 12.1 Å². The van der Waals surface area contributed by atoms with E-state index in [1.54, 1.807) is 0 Å². The molecule has 1 rings (SSSR count). The predicted octanol–water partition coefficient (Wildman–Crippen LogP) is 4.19. The van der Waals surface area contributed by atoms with Crippen molar-refractivity contribution < 1.29 is 31.4 Å². The van der Waals surface area contributed by atoms with Crippen molar-refractivity contribution >= 4 is 15.9 Å². The quantitative estimate of drug-likeness (QED) is 0.712. The van der Waals surface area contributed by atoms with E-state index in [-0.39, 0.29) is 0 Å². The van der Waals surface area contributed by atoms with Crippen LogP contribution in [0.2, 0.25) is 0 Å². The van der Waals surface area contributed by atoms with E-state index in [9.17, 15) is 26.3 Å². The van der Waals surface area contributed by atoms with Gasteiger partial charge in [0.1, 0.15) is 5.75 Å². The Hall–Kier alpha value is -0.920. The lowest BCUT2D eigenvalue weighted by Crippen LogP contribution is -2.11. The van der Waals surface area contributed by atoms with Crippen LogP contribution in [-0.2, 0) is 12.4 Å². The number of benzene rings is 1. The molecular weight excluding hydrogens is 306 g/mol. The molecule has 0 saturated heterocycles. The highest BCUT2D eigenvalue weighted by Crippen LogP contribution is 2.44. The Morgan fingerprint density at radius 2 is 1.19 bits per heavy atom. The molecule has 1 aromatic rings. The maximum Gasteiger partial charge on any atom is 0.420 e. The first-order chi connectivity index (χ1) is 7.03. The fourth-order valence-corrected chi connectivity index (χ4v) is 1.49. The SMILES string of the molecule is Oc1c(C(F)(F)F)cc(Br)cc1C(F)(F)F. The van der Waals surface area contributed by atoms with Crippen molar-refractivity contribution in [3.05, 3.63) is 27.7 Å². The van der Waals surface area contributed by atoms with Crippen molar-refractivity contribution in [2.75, 3.05) is 0 Å². The van der Waals surface area contributed by atoms with E-state index in [0.717, 1.165) is 0 Å². The average Bonchev–Trinajstić information content (AvgIpc) is 2.04. The Morgan fingerprint density at radius 3 is 1.44 bits per heavy atom. The highest BCUT2D eigenvalue weighted by atomic mass is 79.9. The summed E-state index contributed by atoms with van der Waals surface area (Å²) in [6, 6.07) is 0.759. The third kappa shape index (κ3) is 2.60. The normalized spacial score (nSPS) is 12.9. The highest BCUT2D eigenvalue weighted by molar-refractivity contribution is 9.10. The van der Waals surface area contributed by atoms with Gasteiger partial charge in [-0.25, -0.2) is 0 Å². The second-order valence-corrected chi connectivity index (χ2v) is 3.76. The van der Waals surface area contributed by atoms with Gasteiger partial charge in [0.05, 0.1) is 11.1 Å². The summed E-state index contributed by atoms with van der Waals surface area (Å²) in [6.07, 6.45) is -10.1. The zero-order valence-electron chi connectivity index (χ0n) is 7.25. The van der Waals surface area contributed by atoms with Gasteiger partial charge in [-0.05, 0) is 12.1 Å². The fourth-order valence-electron chi connectivity index (χ4n) is 1.03. The summed E-state index contributed by atoms with van der Waals surface area (Å²) in [5.74, 6) is -1.82. The third-order valence-corrected chi connectivity index (χ3v) is 2.14. The van der Waals surface area contributed by atoms with Crippen LogP contribution in [0.1, 0.15) is 11.1 Å². The summed E-state index contributed by atoms with van der Waals surface area (Å²) in [5, 5.41) is 8.92. The Bertz CT molecular complexity index is 373. The molecule has 8 heteroatoms. The van der Waals surface area contributed by atoms with Crippen LogP contribution in [-0.4, -0.2) is 5.11 Å². The summed E-state index contributed by atoms with van der Waals surface area (Å²) in [6.45, 7) is 0. The van der Waals surface area contributed by atoms with Crippen LogP contribution >= 0.6 is 15.9 Å². The Balaban J connectivity index is 3.51. The van der Waals surface area contributed by atoms with Crippen LogP contribution in [0.15, 0.2) is 16.6 Å². The number of alkyl halides is 6. The number of hydrogen-bond acceptors (Lipinski definition) is 1. The van der Waals surface area contributed by atoms with Gasteiger partial charge >= 0.3 is 12.4 Å². The van der Waals surface area contributed by atoms with Gasteiger partial charge in [-0.3, -0.25) is 0 Å². The molecule has 1 nitrogen and oxygen atoms in total. The summed E-state index contributed by atoms with van der Waals surface area (Å²) < 4.78 is 73.1. The van der Waals surface area contributed by atoms with Crippen molar-refractivity contribution in [2.45, 2.75) is 12.4 Å². The van der Waals surface area contributed by atoms with Crippen LogP contribution in [0.25, 0.3) is 0 Å². The number of halogens is 7. The number of phenolic OH excluding ortho intramolecular Hbond substituents is 1. The molecule has 0 fully saturated rings. The lowest BCUT2D eigenvalue weighted by atomic mass is 10.1. The topological polar surface area (TPSA) is 20.2 Å². The minimum atomic E-state index is -5.05. The number of hydrogen-bond donors (Lipinski definition) is 1. The van der Waals surface area contributed by atoms with Gasteiger partial charge in [-0.2, -0.15) is 26.3 Å². The van der Waals surface area contributed by atoms with Gasteiger partial charge in [0, 0.05) is 4.47 Å². The number of aromatic hydroxyl groups is 1. The van der Waals surface area contributed by atoms with Gasteiger partial charge in [0.15, 0.2) is 0 Å². The summed E-state index contributed by atoms with van der Waals surface area (Å²) in [4.78, 5) is 0. The summed E-state index contributed by atoms with van der Waals surface area (Å²) in [5.41, 5.74) is -3.46. The first-order valence-electron chi connectivity index (χ1n) is 3.70. The molecule has 0 aliphatic carbocycles. The Kier molecular flexibility index (Phi) is 3.15. The summed E-state index contributed by atoms with van der Waals surface area (Å²) in [7, 11) is 0. The largest absolute Gasteiger partial charge is 0.507 e. The molecular formula is C8H3BrF6O. The van der Waals surface area contributed by atoms with Crippen molar-refractivity contribution in [1.29, 1.82) is 0 Å². The molecule has 0 bridgehead atoms. The Morgan fingerprint density at radius 1 is 0.875 bits per heavy atom. The number of rotatable bonds is 0. The molecule has 0 radical (unpaired) electrons. The van der Waals surface area contributed by atoms with Crippen LogP contribution in [0, 0.1) is 0 Å². The van der Waals surface area contributed by atoms with E-state index in [4.69, 9.17) is 5.11 Å². The highest BCUT2D eigenvalue weighted by Gasteiger charge is 2.41. The van der Waals surface area contributed by atoms with Crippen molar-refractivity contribution in [3.63, 3.8) is 0 Å². The standard InChI is InChI=1S/C8H3BrF6O/c9-3-1-4(7(10,11)12)6(16)5(2-3)8(13,14)15/h1-2,16H. The number of phenols is 1. The maximum absolute atomic E-state index is 12.2. The van der Waals surface area contributed by atoms with Crippen LogP contribution in [0.5, 0.6) is 5.75 Å². The zero-order valence-corrected chi connectivity index (χ0v) is 8.83. The minimum Gasteiger partial charge on any atom is -0.507 e. The first kappa shape index (κ1) is 13.1. The molecule has 0 aromatic heterocycles. The third-order valence-electron chi connectivity index (χ3n) is 1.69. The minimum absolute atomic E-state index is 0.380. The van der Waals surface area contributed by atoms with Crippen LogP contribution < -0.4 is 0 Å². The van der Waals surface area contributed by atoms with Crippen molar-refractivity contribution in [2.24, 2.45) is 0 Å². The molecule has 0 saturated carbocycles. The van der Waals surface area contributed by atoms with Gasteiger partial charge in [0.25, 0.3) is 0 Å². The van der Waals surface area contributed by atoms with Crippen LogP contribution in [0.3, 0.4) is 0 Å².